The Kier molecular flexibility index (Phi) is 7.66. The van der Waals surface area contributed by atoms with Gasteiger partial charge in [0.15, 0.2) is 5.96 Å². The smallest absolute Gasteiger partial charge is 0.191 e. The van der Waals surface area contributed by atoms with E-state index in [9.17, 15) is 0 Å². The van der Waals surface area contributed by atoms with E-state index in [1.165, 1.54) is 0 Å². The van der Waals surface area contributed by atoms with Gasteiger partial charge in [-0.25, -0.2) is 4.99 Å². The van der Waals surface area contributed by atoms with Crippen LogP contribution >= 0.6 is 0 Å². The number of methoxy groups -OCH3 is 3. The van der Waals surface area contributed by atoms with Crippen LogP contribution in [-0.2, 0) is 11.3 Å². The number of rotatable bonds is 8. The Hall–Kier alpha value is -2.15. The van der Waals surface area contributed by atoms with Gasteiger partial charge in [-0.05, 0) is 19.8 Å². The first kappa shape index (κ1) is 19.2. The normalized spacial score (nSPS) is 17.3. The molecule has 1 unspecified atom stereocenters. The Labute approximate surface area is 149 Å². The van der Waals surface area contributed by atoms with Gasteiger partial charge in [-0.15, -0.1) is 0 Å². The molecule has 0 radical (unpaired) electrons. The average molecular weight is 351 g/mol. The summed E-state index contributed by atoms with van der Waals surface area (Å²) in [6.07, 6.45) is 2.47. The van der Waals surface area contributed by atoms with Crippen molar-refractivity contribution in [2.75, 3.05) is 41.0 Å². The van der Waals surface area contributed by atoms with Gasteiger partial charge in [0.2, 0.25) is 0 Å². The molecule has 0 aliphatic carbocycles. The molecule has 0 aromatic heterocycles. The van der Waals surface area contributed by atoms with Gasteiger partial charge in [0.05, 0.1) is 39.5 Å². The van der Waals surface area contributed by atoms with Crippen LogP contribution in [0.5, 0.6) is 17.2 Å². The van der Waals surface area contributed by atoms with Crippen LogP contribution in [-0.4, -0.2) is 53.1 Å². The van der Waals surface area contributed by atoms with E-state index >= 15 is 0 Å². The molecule has 1 aromatic rings. The molecule has 140 valence electrons. The highest BCUT2D eigenvalue weighted by atomic mass is 16.5. The van der Waals surface area contributed by atoms with Gasteiger partial charge in [-0.3, -0.25) is 0 Å². The molecule has 1 aliphatic heterocycles. The van der Waals surface area contributed by atoms with Crippen molar-refractivity contribution in [2.24, 2.45) is 4.99 Å². The van der Waals surface area contributed by atoms with Gasteiger partial charge in [-0.2, -0.15) is 0 Å². The first-order valence-corrected chi connectivity index (χ1v) is 8.64. The van der Waals surface area contributed by atoms with Crippen LogP contribution in [0.3, 0.4) is 0 Å². The van der Waals surface area contributed by atoms with Crippen molar-refractivity contribution >= 4 is 5.96 Å². The topological polar surface area (TPSA) is 73.3 Å². The van der Waals surface area contributed by atoms with Gasteiger partial charge in [0, 0.05) is 31.8 Å². The summed E-state index contributed by atoms with van der Waals surface area (Å²) in [5.41, 5.74) is 0.875. The predicted octanol–water partition coefficient (Wildman–Crippen LogP) is 1.95. The van der Waals surface area contributed by atoms with Crippen molar-refractivity contribution in [3.05, 3.63) is 17.7 Å². The van der Waals surface area contributed by atoms with E-state index in [0.717, 1.165) is 44.1 Å². The van der Waals surface area contributed by atoms with Crippen molar-refractivity contribution < 1.29 is 18.9 Å². The van der Waals surface area contributed by atoms with Crippen molar-refractivity contribution in [1.29, 1.82) is 0 Å². The fraction of sp³-hybridized carbons (Fsp3) is 0.611. The maximum absolute atomic E-state index is 5.64. The predicted molar refractivity (Wildman–Crippen MR) is 97.9 cm³/mol. The van der Waals surface area contributed by atoms with Crippen LogP contribution in [0.1, 0.15) is 25.3 Å². The molecule has 1 saturated heterocycles. The van der Waals surface area contributed by atoms with E-state index in [0.29, 0.717) is 23.8 Å². The van der Waals surface area contributed by atoms with E-state index < -0.39 is 0 Å². The minimum Gasteiger partial charge on any atom is -0.496 e. The summed E-state index contributed by atoms with van der Waals surface area (Å²) < 4.78 is 21.9. The Balaban J connectivity index is 2.12. The van der Waals surface area contributed by atoms with E-state index in [2.05, 4.69) is 15.6 Å². The number of nitrogens with one attached hydrogen (secondary N) is 2. The zero-order valence-electron chi connectivity index (χ0n) is 15.6. The van der Waals surface area contributed by atoms with Crippen LogP contribution in [0.15, 0.2) is 17.1 Å². The molecule has 2 rings (SSSR count). The molecule has 7 heteroatoms. The quantitative estimate of drug-likeness (QED) is 0.551. The monoisotopic (exact) mass is 351 g/mol. The van der Waals surface area contributed by atoms with Gasteiger partial charge in [0.25, 0.3) is 0 Å². The summed E-state index contributed by atoms with van der Waals surface area (Å²) in [6.45, 7) is 4.85. The number of aliphatic imine (C=N–C) groups is 1. The summed E-state index contributed by atoms with van der Waals surface area (Å²) in [4.78, 5) is 4.66. The van der Waals surface area contributed by atoms with Crippen LogP contribution in [0.2, 0.25) is 0 Å². The molecule has 1 fully saturated rings. The zero-order valence-corrected chi connectivity index (χ0v) is 15.6. The number of hydrogen-bond donors (Lipinski definition) is 2. The van der Waals surface area contributed by atoms with Crippen LogP contribution < -0.4 is 24.8 Å². The Morgan fingerprint density at radius 1 is 1.16 bits per heavy atom. The Morgan fingerprint density at radius 2 is 1.88 bits per heavy atom. The second-order valence-electron chi connectivity index (χ2n) is 5.72. The lowest BCUT2D eigenvalue weighted by atomic mass is 10.1. The third-order valence-corrected chi connectivity index (χ3v) is 4.08. The van der Waals surface area contributed by atoms with Crippen LogP contribution in [0, 0.1) is 0 Å². The standard InChI is InChI=1S/C18H29N3O4/c1-5-19-18(20-11-13-7-6-8-25-13)21-12-15-16(23-3)9-14(22-2)10-17(15)24-4/h9-10,13H,5-8,11-12H2,1-4H3,(H2,19,20,21). The number of hydrogen-bond acceptors (Lipinski definition) is 5. The number of nitrogens with zero attached hydrogens (tertiary/aromatic N) is 1. The molecular weight excluding hydrogens is 322 g/mol. The van der Waals surface area contributed by atoms with E-state index in [1.54, 1.807) is 21.3 Å². The second-order valence-corrected chi connectivity index (χ2v) is 5.72. The molecule has 2 N–H and O–H groups in total. The highest BCUT2D eigenvalue weighted by Crippen LogP contribution is 2.34. The summed E-state index contributed by atoms with van der Waals surface area (Å²) in [5, 5.41) is 6.59. The third kappa shape index (κ3) is 5.42. The fourth-order valence-electron chi connectivity index (χ4n) is 2.75. The van der Waals surface area contributed by atoms with E-state index in [4.69, 9.17) is 18.9 Å². The number of guanidine groups is 1. The maximum Gasteiger partial charge on any atom is 0.191 e. The van der Waals surface area contributed by atoms with Crippen molar-refractivity contribution in [3.8, 4) is 17.2 Å². The minimum atomic E-state index is 0.258. The van der Waals surface area contributed by atoms with Crippen molar-refractivity contribution in [3.63, 3.8) is 0 Å². The molecule has 1 heterocycles. The first-order valence-electron chi connectivity index (χ1n) is 8.64. The van der Waals surface area contributed by atoms with Gasteiger partial charge in [0.1, 0.15) is 17.2 Å². The lowest BCUT2D eigenvalue weighted by Crippen LogP contribution is -2.41. The summed E-state index contributed by atoms with van der Waals surface area (Å²) in [5.74, 6) is 2.81. The highest BCUT2D eigenvalue weighted by molar-refractivity contribution is 5.79. The van der Waals surface area contributed by atoms with Gasteiger partial charge < -0.3 is 29.6 Å². The molecule has 0 bridgehead atoms. The van der Waals surface area contributed by atoms with Gasteiger partial charge in [-0.1, -0.05) is 0 Å². The fourth-order valence-corrected chi connectivity index (χ4v) is 2.75. The molecule has 0 spiro atoms. The minimum absolute atomic E-state index is 0.258. The average Bonchev–Trinajstić information content (AvgIpc) is 3.16. The Bertz CT molecular complexity index is 546. The third-order valence-electron chi connectivity index (χ3n) is 4.08. The summed E-state index contributed by atoms with van der Waals surface area (Å²) in [7, 11) is 4.87. The summed E-state index contributed by atoms with van der Waals surface area (Å²) >= 11 is 0. The zero-order chi connectivity index (χ0) is 18.1. The van der Waals surface area contributed by atoms with Crippen molar-refractivity contribution in [1.82, 2.24) is 10.6 Å². The molecular formula is C18H29N3O4. The van der Waals surface area contributed by atoms with Crippen LogP contribution in [0.25, 0.3) is 0 Å². The van der Waals surface area contributed by atoms with Crippen molar-refractivity contribution in [2.45, 2.75) is 32.4 Å². The van der Waals surface area contributed by atoms with Crippen LogP contribution in [0.4, 0.5) is 0 Å². The molecule has 7 nitrogen and oxygen atoms in total. The molecule has 0 saturated carbocycles. The van der Waals surface area contributed by atoms with E-state index in [-0.39, 0.29) is 6.10 Å². The van der Waals surface area contributed by atoms with Gasteiger partial charge >= 0.3 is 0 Å². The molecule has 1 atom stereocenters. The number of ether oxygens (including phenoxy) is 4. The lowest BCUT2D eigenvalue weighted by Gasteiger charge is -2.16. The number of benzene rings is 1. The SMILES string of the molecule is CCNC(=NCc1c(OC)cc(OC)cc1OC)NCC1CCCO1. The van der Waals surface area contributed by atoms with E-state index in [1.807, 2.05) is 19.1 Å². The molecule has 0 amide bonds. The molecule has 25 heavy (non-hydrogen) atoms. The Morgan fingerprint density at radius 3 is 2.40 bits per heavy atom. The largest absolute Gasteiger partial charge is 0.496 e. The molecule has 1 aliphatic rings. The second kappa shape index (κ2) is 9.98. The lowest BCUT2D eigenvalue weighted by molar-refractivity contribution is 0.114. The first-order chi connectivity index (χ1) is 12.2. The maximum atomic E-state index is 5.64. The highest BCUT2D eigenvalue weighted by Gasteiger charge is 2.16. The summed E-state index contributed by atoms with van der Waals surface area (Å²) in [6, 6.07) is 3.67. The molecule has 1 aromatic carbocycles.